The van der Waals surface area contributed by atoms with Crippen molar-refractivity contribution in [2.24, 2.45) is 0 Å². The minimum Gasteiger partial charge on any atom is -0.378 e. The smallest absolute Gasteiger partial charge is 0.293 e. The number of fused-ring (bicyclic) bond motifs is 3. The summed E-state index contributed by atoms with van der Waals surface area (Å²) in [7, 11) is 0. The second-order valence-corrected chi connectivity index (χ2v) is 5.47. The maximum Gasteiger partial charge on any atom is 0.293 e. The monoisotopic (exact) mass is 287 g/mol. The van der Waals surface area contributed by atoms with Crippen LogP contribution in [-0.4, -0.2) is 60.0 Å². The zero-order chi connectivity index (χ0) is 14.8. The van der Waals surface area contributed by atoms with E-state index in [1.54, 1.807) is 12.1 Å². The second kappa shape index (κ2) is 5.68. The molecule has 0 amide bonds. The summed E-state index contributed by atoms with van der Waals surface area (Å²) in [4.78, 5) is 15.5. The van der Waals surface area contributed by atoms with E-state index in [0.717, 1.165) is 32.7 Å². The van der Waals surface area contributed by atoms with Crippen molar-refractivity contribution in [1.82, 2.24) is 9.80 Å². The number of rotatable bonds is 4. The number of hydrogen-bond donors (Lipinski definition) is 1. The Hall–Kier alpha value is -2.17. The van der Waals surface area contributed by atoms with Crippen LogP contribution >= 0.6 is 0 Å². The van der Waals surface area contributed by atoms with E-state index in [4.69, 9.17) is 5.26 Å². The van der Waals surface area contributed by atoms with Crippen molar-refractivity contribution < 1.29 is 4.92 Å². The molecule has 0 aromatic heterocycles. The maximum absolute atomic E-state index is 11.1. The van der Waals surface area contributed by atoms with Gasteiger partial charge in [-0.2, -0.15) is 5.26 Å². The first-order valence-electron chi connectivity index (χ1n) is 7.06. The van der Waals surface area contributed by atoms with Gasteiger partial charge in [-0.15, -0.1) is 0 Å². The van der Waals surface area contributed by atoms with Gasteiger partial charge in [-0.25, -0.2) is 0 Å². The fourth-order valence-corrected chi connectivity index (χ4v) is 3.05. The number of nitro benzene ring substituents is 1. The van der Waals surface area contributed by atoms with Gasteiger partial charge < -0.3 is 5.32 Å². The summed E-state index contributed by atoms with van der Waals surface area (Å²) < 4.78 is 0. The van der Waals surface area contributed by atoms with Gasteiger partial charge in [0.05, 0.1) is 16.6 Å². The molecule has 0 radical (unpaired) electrons. The lowest BCUT2D eigenvalue weighted by Gasteiger charge is -2.47. The third-order valence-corrected chi connectivity index (χ3v) is 4.24. The highest BCUT2D eigenvalue weighted by atomic mass is 16.6. The molecule has 110 valence electrons. The molecule has 7 nitrogen and oxygen atoms in total. The lowest BCUT2D eigenvalue weighted by atomic mass is 10.1. The molecule has 1 atom stereocenters. The van der Waals surface area contributed by atoms with Crippen LogP contribution in [0.2, 0.25) is 0 Å². The summed E-state index contributed by atoms with van der Waals surface area (Å²) in [6.45, 7) is 6.07. The van der Waals surface area contributed by atoms with Crippen molar-refractivity contribution >= 4 is 11.4 Å². The van der Waals surface area contributed by atoms with E-state index in [1.807, 2.05) is 6.07 Å². The van der Waals surface area contributed by atoms with Crippen LogP contribution in [0.15, 0.2) is 18.2 Å². The highest BCUT2D eigenvalue weighted by molar-refractivity contribution is 5.64. The lowest BCUT2D eigenvalue weighted by Crippen LogP contribution is -2.62. The van der Waals surface area contributed by atoms with Gasteiger partial charge in [0.2, 0.25) is 0 Å². The molecular formula is C14H17N5O2. The molecule has 2 bridgehead atoms. The van der Waals surface area contributed by atoms with Crippen molar-refractivity contribution in [2.75, 3.05) is 44.6 Å². The number of benzene rings is 1. The van der Waals surface area contributed by atoms with E-state index in [-0.39, 0.29) is 5.69 Å². The molecule has 1 aromatic carbocycles. The first kappa shape index (κ1) is 13.8. The number of nitro groups is 1. The Labute approximate surface area is 122 Å². The fourth-order valence-electron chi connectivity index (χ4n) is 3.05. The quantitative estimate of drug-likeness (QED) is 0.653. The van der Waals surface area contributed by atoms with Gasteiger partial charge in [0.25, 0.3) is 5.69 Å². The number of hydrogen-bond acceptors (Lipinski definition) is 6. The SMILES string of the molecule is N#Cc1ccc(NCC2CN3CCN2CC3)c([N+](=O)[O-])c1. The topological polar surface area (TPSA) is 85.4 Å². The third-order valence-electron chi connectivity index (χ3n) is 4.24. The van der Waals surface area contributed by atoms with Gasteiger partial charge in [-0.1, -0.05) is 0 Å². The average molecular weight is 287 g/mol. The molecule has 1 unspecified atom stereocenters. The molecule has 7 heteroatoms. The first-order chi connectivity index (χ1) is 10.2. The standard InChI is InChI=1S/C14H17N5O2/c15-8-11-1-2-13(14(7-11)19(20)21)16-9-12-10-17-3-5-18(12)6-4-17/h1-2,7,12,16H,3-6,9-10H2. The zero-order valence-electron chi connectivity index (χ0n) is 11.7. The predicted molar refractivity (Wildman–Crippen MR) is 78.1 cm³/mol. The molecule has 4 rings (SSSR count). The van der Waals surface area contributed by atoms with Gasteiger partial charge in [0.1, 0.15) is 5.69 Å². The minimum atomic E-state index is -0.444. The maximum atomic E-state index is 11.1. The molecule has 21 heavy (non-hydrogen) atoms. The van der Waals surface area contributed by atoms with Crippen LogP contribution in [0.5, 0.6) is 0 Å². The van der Waals surface area contributed by atoms with Crippen LogP contribution in [0.4, 0.5) is 11.4 Å². The van der Waals surface area contributed by atoms with Crippen molar-refractivity contribution in [3.05, 3.63) is 33.9 Å². The van der Waals surface area contributed by atoms with Crippen molar-refractivity contribution in [2.45, 2.75) is 6.04 Å². The Kier molecular flexibility index (Phi) is 3.73. The van der Waals surface area contributed by atoms with Crippen molar-refractivity contribution in [3.8, 4) is 6.07 Å². The normalized spacial score (nSPS) is 27.1. The van der Waals surface area contributed by atoms with Gasteiger partial charge in [-0.05, 0) is 12.1 Å². The number of anilines is 1. The molecule has 3 aliphatic heterocycles. The Morgan fingerprint density at radius 1 is 1.38 bits per heavy atom. The summed E-state index contributed by atoms with van der Waals surface area (Å²) in [5.74, 6) is 0. The van der Waals surface area contributed by atoms with Gasteiger partial charge in [-0.3, -0.25) is 19.9 Å². The second-order valence-electron chi connectivity index (χ2n) is 5.47. The van der Waals surface area contributed by atoms with Gasteiger partial charge in [0, 0.05) is 51.4 Å². The van der Waals surface area contributed by atoms with E-state index in [0.29, 0.717) is 23.8 Å². The molecule has 1 aromatic rings. The van der Waals surface area contributed by atoms with E-state index in [9.17, 15) is 10.1 Å². The molecule has 0 spiro atoms. The van der Waals surface area contributed by atoms with E-state index < -0.39 is 4.92 Å². The van der Waals surface area contributed by atoms with Crippen LogP contribution in [0.1, 0.15) is 5.56 Å². The van der Waals surface area contributed by atoms with Crippen molar-refractivity contribution in [3.63, 3.8) is 0 Å². The highest BCUT2D eigenvalue weighted by Gasteiger charge is 2.31. The number of nitrogens with one attached hydrogen (secondary N) is 1. The molecule has 3 heterocycles. The lowest BCUT2D eigenvalue weighted by molar-refractivity contribution is -0.384. The Morgan fingerprint density at radius 2 is 2.14 bits per heavy atom. The van der Waals surface area contributed by atoms with Crippen molar-refractivity contribution in [1.29, 1.82) is 5.26 Å². The summed E-state index contributed by atoms with van der Waals surface area (Å²) in [5, 5.41) is 23.1. The number of piperazine rings is 3. The summed E-state index contributed by atoms with van der Waals surface area (Å²) in [6.07, 6.45) is 0. The molecule has 3 fully saturated rings. The number of nitrogens with zero attached hydrogens (tertiary/aromatic N) is 4. The van der Waals surface area contributed by atoms with Crippen LogP contribution < -0.4 is 5.32 Å². The summed E-state index contributed by atoms with van der Waals surface area (Å²) >= 11 is 0. The Morgan fingerprint density at radius 3 is 2.71 bits per heavy atom. The first-order valence-corrected chi connectivity index (χ1v) is 7.06. The summed E-state index contributed by atoms with van der Waals surface area (Å²) in [5.41, 5.74) is 0.751. The average Bonchev–Trinajstić information content (AvgIpc) is 2.53. The Bertz CT molecular complexity index is 590. The Balaban J connectivity index is 1.70. The van der Waals surface area contributed by atoms with E-state index >= 15 is 0 Å². The summed E-state index contributed by atoms with van der Waals surface area (Å²) in [6, 6.07) is 6.86. The minimum absolute atomic E-state index is 0.0367. The van der Waals surface area contributed by atoms with Crippen LogP contribution in [0.25, 0.3) is 0 Å². The number of nitriles is 1. The van der Waals surface area contributed by atoms with Crippen LogP contribution in [-0.2, 0) is 0 Å². The molecule has 0 aliphatic carbocycles. The predicted octanol–water partition coefficient (Wildman–Crippen LogP) is 0.878. The molecule has 3 aliphatic rings. The van der Waals surface area contributed by atoms with Crippen LogP contribution in [0.3, 0.4) is 0 Å². The molecule has 1 N–H and O–H groups in total. The van der Waals surface area contributed by atoms with E-state index in [1.165, 1.54) is 6.07 Å². The largest absolute Gasteiger partial charge is 0.378 e. The van der Waals surface area contributed by atoms with E-state index in [2.05, 4.69) is 15.1 Å². The highest BCUT2D eigenvalue weighted by Crippen LogP contribution is 2.26. The molecule has 3 saturated heterocycles. The molecule has 0 saturated carbocycles. The third kappa shape index (κ3) is 2.82. The van der Waals surface area contributed by atoms with Gasteiger partial charge >= 0.3 is 0 Å². The van der Waals surface area contributed by atoms with Gasteiger partial charge in [0.15, 0.2) is 0 Å². The fraction of sp³-hybridized carbons (Fsp3) is 0.500. The van der Waals surface area contributed by atoms with Crippen LogP contribution in [0, 0.1) is 21.4 Å². The zero-order valence-corrected chi connectivity index (χ0v) is 11.7. The molecular weight excluding hydrogens is 270 g/mol.